The van der Waals surface area contributed by atoms with E-state index in [0.717, 1.165) is 0 Å². The van der Waals surface area contributed by atoms with Crippen LogP contribution in [0.4, 0.5) is 21.2 Å². The maximum atomic E-state index is 12.0. The Bertz CT molecular complexity index is 2250. The summed E-state index contributed by atoms with van der Waals surface area (Å²) in [5.74, 6) is 1.80. The SMILES string of the molecule is CC(C)(C)OC(=O)N[C@@H](CO)CCSC[C@H]1O[C@@H](n2cnc3c(N)ncnc32)[C@@H]2OC(C)(C)O[C@@H]21.CC(C)(C)OC(=O)N[C@H](CO)CCSC[C@H]1O[C@@H](n2cnc3c(N)ncnc32)[C@@H]2OC(C)(C)O[C@@H]21. The van der Waals surface area contributed by atoms with Gasteiger partial charge in [0.2, 0.25) is 0 Å². The van der Waals surface area contributed by atoms with Crippen LogP contribution in [0.5, 0.6) is 0 Å². The van der Waals surface area contributed by atoms with E-state index >= 15 is 0 Å². The number of nitrogens with zero attached hydrogens (tertiary/aromatic N) is 8. The molecule has 4 saturated heterocycles. The van der Waals surface area contributed by atoms with Crippen LogP contribution in [0.25, 0.3) is 22.3 Å². The first kappa shape index (κ1) is 53.4. The molecule has 4 aromatic heterocycles. The quantitative estimate of drug-likeness (QED) is 0.0872. The highest BCUT2D eigenvalue weighted by atomic mass is 32.2. The molecule has 0 saturated carbocycles. The third kappa shape index (κ3) is 13.2. The molecule has 26 heteroatoms. The second-order valence-corrected chi connectivity index (χ2v) is 22.5. The molecular weight excluding hydrogens is 953 g/mol. The van der Waals surface area contributed by atoms with Gasteiger partial charge in [-0.3, -0.25) is 9.13 Å². The number of fused-ring (bicyclic) bond motifs is 4. The fourth-order valence-electron chi connectivity index (χ4n) is 8.36. The Morgan fingerprint density at radius 1 is 0.657 bits per heavy atom. The summed E-state index contributed by atoms with van der Waals surface area (Å²) in [6.45, 7) is 18.0. The van der Waals surface area contributed by atoms with Crippen molar-refractivity contribution in [3.8, 4) is 0 Å². The Balaban J connectivity index is 0.000000206. The first-order valence-corrected chi connectivity index (χ1v) is 25.5. The molecular formula is C44H68N12O12S2. The topological polar surface area (TPSA) is 312 Å². The van der Waals surface area contributed by atoms with E-state index in [1.54, 1.807) is 77.7 Å². The molecule has 10 atom stereocenters. The molecule has 0 bridgehead atoms. The monoisotopic (exact) mass is 1020 g/mol. The largest absolute Gasteiger partial charge is 0.444 e. The third-order valence-corrected chi connectivity index (χ3v) is 13.4. The summed E-state index contributed by atoms with van der Waals surface area (Å²) in [5.41, 5.74) is 12.9. The predicted molar refractivity (Wildman–Crippen MR) is 259 cm³/mol. The van der Waals surface area contributed by atoms with E-state index in [4.69, 9.17) is 49.4 Å². The summed E-state index contributed by atoms with van der Waals surface area (Å²) >= 11 is 3.31. The van der Waals surface area contributed by atoms with Gasteiger partial charge in [0.1, 0.15) is 59.3 Å². The van der Waals surface area contributed by atoms with Crippen molar-refractivity contribution in [1.82, 2.24) is 49.7 Å². The van der Waals surface area contributed by atoms with Gasteiger partial charge in [0.15, 0.2) is 47.0 Å². The molecule has 70 heavy (non-hydrogen) atoms. The zero-order valence-corrected chi connectivity index (χ0v) is 42.9. The van der Waals surface area contributed by atoms with E-state index in [9.17, 15) is 19.8 Å². The van der Waals surface area contributed by atoms with Crippen molar-refractivity contribution in [2.24, 2.45) is 0 Å². The number of nitrogens with two attached hydrogens (primary N) is 2. The lowest BCUT2D eigenvalue weighted by atomic mass is 10.1. The van der Waals surface area contributed by atoms with Gasteiger partial charge in [0.05, 0.1) is 50.2 Å². The fourth-order valence-corrected chi connectivity index (χ4v) is 10.6. The minimum Gasteiger partial charge on any atom is -0.444 e. The number of aliphatic hydroxyl groups is 2. The number of hydrogen-bond acceptors (Lipinski definition) is 22. The number of thioether (sulfide) groups is 2. The molecule has 0 spiro atoms. The number of rotatable bonds is 16. The number of carbonyl (C=O) groups excluding carboxylic acids is 2. The van der Waals surface area contributed by atoms with Gasteiger partial charge in [-0.1, -0.05) is 0 Å². The van der Waals surface area contributed by atoms with E-state index in [1.165, 1.54) is 12.7 Å². The first-order chi connectivity index (χ1) is 32.9. The molecule has 0 aliphatic carbocycles. The van der Waals surface area contributed by atoms with Crippen LogP contribution in [-0.2, 0) is 37.9 Å². The maximum absolute atomic E-state index is 12.0. The summed E-state index contributed by atoms with van der Waals surface area (Å²) in [6, 6.07) is -0.787. The fraction of sp³-hybridized carbons (Fsp3) is 0.727. The van der Waals surface area contributed by atoms with E-state index in [2.05, 4.69) is 40.5 Å². The number of nitrogen functional groups attached to an aromatic ring is 2. The Morgan fingerprint density at radius 3 is 1.39 bits per heavy atom. The molecule has 8 N–H and O–H groups in total. The number of nitrogens with one attached hydrogen (secondary N) is 2. The van der Waals surface area contributed by atoms with E-state index < -0.39 is 59.5 Å². The highest BCUT2D eigenvalue weighted by Gasteiger charge is 2.57. The number of anilines is 2. The number of alkyl carbamates (subject to hydrolysis) is 2. The highest BCUT2D eigenvalue weighted by molar-refractivity contribution is 7.99. The Morgan fingerprint density at radius 2 is 1.03 bits per heavy atom. The zero-order valence-electron chi connectivity index (χ0n) is 41.3. The van der Waals surface area contributed by atoms with Crippen LogP contribution < -0.4 is 22.1 Å². The van der Waals surface area contributed by atoms with Crippen LogP contribution in [0.2, 0.25) is 0 Å². The Hall–Kier alpha value is -4.38. The van der Waals surface area contributed by atoms with E-state index in [-0.39, 0.29) is 49.8 Å². The lowest BCUT2D eigenvalue weighted by Crippen LogP contribution is -2.41. The average Bonchev–Trinajstić information content (AvgIpc) is 4.11. The second kappa shape index (κ2) is 21.8. The van der Waals surface area contributed by atoms with Gasteiger partial charge < -0.3 is 70.2 Å². The normalized spacial score (nSPS) is 26.6. The number of imidazole rings is 2. The van der Waals surface area contributed by atoms with Gasteiger partial charge in [-0.15, -0.1) is 0 Å². The molecule has 8 heterocycles. The average molecular weight is 1020 g/mol. The minimum atomic E-state index is -0.746. The maximum Gasteiger partial charge on any atom is 0.407 e. The van der Waals surface area contributed by atoms with Crippen LogP contribution in [0.3, 0.4) is 0 Å². The lowest BCUT2D eigenvalue weighted by Gasteiger charge is -2.25. The number of amides is 2. The summed E-state index contributed by atoms with van der Waals surface area (Å²) in [5, 5.41) is 24.7. The summed E-state index contributed by atoms with van der Waals surface area (Å²) in [7, 11) is 0. The molecule has 24 nitrogen and oxygen atoms in total. The zero-order chi connectivity index (χ0) is 50.8. The summed E-state index contributed by atoms with van der Waals surface area (Å²) in [4.78, 5) is 49.3. The van der Waals surface area contributed by atoms with Crippen molar-refractivity contribution in [2.75, 3.05) is 47.7 Å². The molecule has 2 amide bonds. The van der Waals surface area contributed by atoms with Gasteiger partial charge in [-0.25, -0.2) is 39.5 Å². The second-order valence-electron chi connectivity index (χ2n) is 20.2. The number of ether oxygens (including phenoxy) is 8. The molecule has 0 unspecified atom stereocenters. The molecule has 4 fully saturated rings. The standard InChI is InChI=1S/2C22H34N6O6S/c2*1-21(2,3)34-20(30)27-12(8-29)6-7-35-9-13-15-16(33-22(4,5)32-15)19(31-13)28-11-26-14-17(23)24-10-25-18(14)28/h2*10-13,15-16,19,29H,6-9H2,1-5H3,(H,27,30)(H2,23,24,25)/t12-,13+,15+,16+,19+;12-,13-,15-,16-,19-/m01/s1. The van der Waals surface area contributed by atoms with Crippen molar-refractivity contribution >= 4 is 69.7 Å². The molecule has 4 aliphatic rings. The highest BCUT2D eigenvalue weighted by Crippen LogP contribution is 2.46. The smallest absolute Gasteiger partial charge is 0.407 e. The number of aliphatic hydroxyl groups excluding tert-OH is 2. The van der Waals surface area contributed by atoms with Crippen LogP contribution in [-0.4, -0.2) is 169 Å². The Labute approximate surface area is 414 Å². The summed E-state index contributed by atoms with van der Waals surface area (Å²) < 4.78 is 51.7. The number of aromatic nitrogens is 8. The van der Waals surface area contributed by atoms with Crippen LogP contribution >= 0.6 is 23.5 Å². The van der Waals surface area contributed by atoms with Crippen molar-refractivity contribution in [3.05, 3.63) is 25.3 Å². The Kier molecular flexibility index (Phi) is 16.6. The third-order valence-electron chi connectivity index (χ3n) is 11.2. The van der Waals surface area contributed by atoms with Crippen molar-refractivity contribution < 1.29 is 57.7 Å². The van der Waals surface area contributed by atoms with Crippen LogP contribution in [0.15, 0.2) is 25.3 Å². The van der Waals surface area contributed by atoms with Crippen molar-refractivity contribution in [2.45, 2.75) is 166 Å². The van der Waals surface area contributed by atoms with Crippen molar-refractivity contribution in [3.63, 3.8) is 0 Å². The van der Waals surface area contributed by atoms with Gasteiger partial charge in [-0.2, -0.15) is 23.5 Å². The van der Waals surface area contributed by atoms with Gasteiger partial charge in [0, 0.05) is 11.5 Å². The predicted octanol–water partition coefficient (Wildman–Crippen LogP) is 3.67. The number of hydrogen-bond donors (Lipinski definition) is 6. The minimum absolute atomic E-state index is 0.170. The van der Waals surface area contributed by atoms with E-state index in [1.807, 2.05) is 36.8 Å². The molecule has 8 rings (SSSR count). The van der Waals surface area contributed by atoms with Crippen LogP contribution in [0, 0.1) is 0 Å². The number of carbonyl (C=O) groups is 2. The molecule has 388 valence electrons. The molecule has 4 aliphatic heterocycles. The molecule has 0 radical (unpaired) electrons. The molecule has 4 aromatic rings. The van der Waals surface area contributed by atoms with E-state index in [0.29, 0.717) is 69.8 Å². The lowest BCUT2D eigenvalue weighted by molar-refractivity contribution is -0.193. The summed E-state index contributed by atoms with van der Waals surface area (Å²) in [6.07, 6.45) is 3.48. The van der Waals surface area contributed by atoms with Crippen molar-refractivity contribution in [1.29, 1.82) is 0 Å². The van der Waals surface area contributed by atoms with Gasteiger partial charge >= 0.3 is 12.2 Å². The van der Waals surface area contributed by atoms with Gasteiger partial charge in [-0.05, 0) is 93.6 Å². The molecule has 0 aromatic carbocycles. The van der Waals surface area contributed by atoms with Gasteiger partial charge in [0.25, 0.3) is 0 Å². The van der Waals surface area contributed by atoms with Crippen LogP contribution in [0.1, 0.15) is 94.5 Å². The first-order valence-electron chi connectivity index (χ1n) is 23.2.